The molecular weight excluding hydrogens is 576 g/mol. The molecule has 2 fully saturated rings. The van der Waals surface area contributed by atoms with Crippen LogP contribution in [0, 0.1) is 24.7 Å². The molecule has 0 spiro atoms. The molecule has 7 nitrogen and oxygen atoms in total. The van der Waals surface area contributed by atoms with E-state index in [1.54, 1.807) is 54.3 Å². The summed E-state index contributed by atoms with van der Waals surface area (Å²) in [5.41, 5.74) is 6.26. The second-order valence-corrected chi connectivity index (χ2v) is 12.5. The van der Waals surface area contributed by atoms with Gasteiger partial charge < -0.3 is 9.64 Å². The van der Waals surface area contributed by atoms with Crippen molar-refractivity contribution in [3.05, 3.63) is 124 Å². The standard InChI is InChI=1S/C36H27ClN2O5/c1-19-15-23(44-36(43)20-16-29(40)38(18-20)22-8-6-7-21(37)17-22)13-14-28(19)39-34(41)32-30-24-9-2-3-10-25(24)31(33(32)35(39)42)27-12-5-4-11-26(27)30/h2-15,17,20,30-33H,16,18H2,1H3/t20-,30?,31?,32+,33+/m1/s1. The fourth-order valence-corrected chi connectivity index (χ4v) is 8.00. The monoisotopic (exact) mass is 602 g/mol. The van der Waals surface area contributed by atoms with E-state index < -0.39 is 23.7 Å². The molecule has 218 valence electrons. The fraction of sp³-hybridized carbons (Fsp3) is 0.222. The minimum Gasteiger partial charge on any atom is -0.426 e. The molecule has 0 saturated carbocycles. The number of benzene rings is 4. The van der Waals surface area contributed by atoms with Crippen LogP contribution in [0.3, 0.4) is 0 Å². The van der Waals surface area contributed by atoms with Gasteiger partial charge in [0, 0.05) is 35.5 Å². The summed E-state index contributed by atoms with van der Waals surface area (Å²) in [7, 11) is 0. The van der Waals surface area contributed by atoms with Crippen LogP contribution < -0.4 is 14.5 Å². The van der Waals surface area contributed by atoms with Gasteiger partial charge >= 0.3 is 5.97 Å². The van der Waals surface area contributed by atoms with Gasteiger partial charge in [-0.25, -0.2) is 4.90 Å². The summed E-state index contributed by atoms with van der Waals surface area (Å²) < 4.78 is 5.70. The third-order valence-electron chi connectivity index (χ3n) is 9.65. The molecule has 8 heteroatoms. The molecule has 0 unspecified atom stereocenters. The van der Waals surface area contributed by atoms with Gasteiger partial charge in [0.1, 0.15) is 5.75 Å². The van der Waals surface area contributed by atoms with Crippen molar-refractivity contribution in [2.24, 2.45) is 17.8 Å². The molecule has 44 heavy (non-hydrogen) atoms. The van der Waals surface area contributed by atoms with Crippen LogP contribution in [0.2, 0.25) is 5.02 Å². The van der Waals surface area contributed by atoms with Crippen LogP contribution in [-0.4, -0.2) is 30.2 Å². The van der Waals surface area contributed by atoms with Crippen molar-refractivity contribution in [3.63, 3.8) is 0 Å². The van der Waals surface area contributed by atoms with Gasteiger partial charge in [-0.2, -0.15) is 0 Å². The molecule has 2 aliphatic heterocycles. The number of imide groups is 1. The number of carbonyl (C=O) groups excluding carboxylic acids is 4. The van der Waals surface area contributed by atoms with Gasteiger partial charge in [-0.15, -0.1) is 0 Å². The number of carbonyl (C=O) groups is 4. The minimum absolute atomic E-state index is 0.0368. The molecule has 3 atom stereocenters. The molecular formula is C36H27ClN2O5. The van der Waals surface area contributed by atoms with Crippen LogP contribution in [0.15, 0.2) is 91.0 Å². The molecule has 3 aliphatic carbocycles. The van der Waals surface area contributed by atoms with Crippen molar-refractivity contribution in [2.75, 3.05) is 16.3 Å². The van der Waals surface area contributed by atoms with Crippen LogP contribution >= 0.6 is 11.6 Å². The average molecular weight is 603 g/mol. The third-order valence-corrected chi connectivity index (χ3v) is 9.89. The quantitative estimate of drug-likeness (QED) is 0.162. The lowest BCUT2D eigenvalue weighted by molar-refractivity contribution is -0.139. The predicted molar refractivity (Wildman–Crippen MR) is 165 cm³/mol. The van der Waals surface area contributed by atoms with Crippen molar-refractivity contribution in [1.29, 1.82) is 0 Å². The largest absolute Gasteiger partial charge is 0.426 e. The lowest BCUT2D eigenvalue weighted by atomic mass is 9.55. The van der Waals surface area contributed by atoms with Crippen molar-refractivity contribution in [2.45, 2.75) is 25.2 Å². The van der Waals surface area contributed by atoms with Gasteiger partial charge in [-0.1, -0.05) is 66.2 Å². The average Bonchev–Trinajstić information content (AvgIpc) is 3.54. The van der Waals surface area contributed by atoms with E-state index in [0.717, 1.165) is 22.3 Å². The smallest absolute Gasteiger partial charge is 0.316 e. The summed E-state index contributed by atoms with van der Waals surface area (Å²) >= 11 is 6.09. The maximum atomic E-state index is 14.1. The van der Waals surface area contributed by atoms with E-state index in [9.17, 15) is 19.2 Å². The number of aryl methyl sites for hydroxylation is 1. The number of rotatable bonds is 4. The maximum Gasteiger partial charge on any atom is 0.316 e. The highest BCUT2D eigenvalue weighted by atomic mass is 35.5. The Morgan fingerprint density at radius 3 is 1.91 bits per heavy atom. The summed E-state index contributed by atoms with van der Waals surface area (Å²) in [6, 6.07) is 28.2. The van der Waals surface area contributed by atoms with Crippen molar-refractivity contribution in [1.82, 2.24) is 0 Å². The Balaban J connectivity index is 1.05. The SMILES string of the molecule is Cc1cc(OC(=O)[C@@H]2CC(=O)N(c3cccc(Cl)c3)C2)ccc1N1C(=O)[C@H]2C3c4ccccc4C(c4ccccc43)[C@@H]2C1=O. The summed E-state index contributed by atoms with van der Waals surface area (Å²) in [6.45, 7) is 2.00. The Bertz CT molecular complexity index is 1800. The lowest BCUT2D eigenvalue weighted by Gasteiger charge is -2.45. The topological polar surface area (TPSA) is 84.0 Å². The Kier molecular flexibility index (Phi) is 6.04. The Morgan fingerprint density at radius 2 is 1.36 bits per heavy atom. The molecule has 2 heterocycles. The maximum absolute atomic E-state index is 14.1. The zero-order chi connectivity index (χ0) is 30.3. The summed E-state index contributed by atoms with van der Waals surface area (Å²) in [5, 5.41) is 0.507. The zero-order valence-corrected chi connectivity index (χ0v) is 24.5. The van der Waals surface area contributed by atoms with Gasteiger partial charge in [-0.3, -0.25) is 19.2 Å². The van der Waals surface area contributed by atoms with E-state index in [1.807, 2.05) is 24.3 Å². The number of halogens is 1. The Hall–Kier alpha value is -4.75. The van der Waals surface area contributed by atoms with E-state index in [1.165, 1.54) is 4.90 Å². The molecule has 4 aromatic rings. The predicted octanol–water partition coefficient (Wildman–Crippen LogP) is 6.00. The summed E-state index contributed by atoms with van der Waals surface area (Å²) in [5.74, 6) is -2.73. The molecule has 2 saturated heterocycles. The van der Waals surface area contributed by atoms with Crippen molar-refractivity contribution < 1.29 is 23.9 Å². The fourth-order valence-electron chi connectivity index (χ4n) is 7.82. The first-order valence-corrected chi connectivity index (χ1v) is 15.1. The molecule has 2 bridgehead atoms. The number of hydrogen-bond acceptors (Lipinski definition) is 5. The number of ether oxygens (including phenoxy) is 1. The molecule has 0 radical (unpaired) electrons. The van der Waals surface area contributed by atoms with E-state index in [0.29, 0.717) is 27.7 Å². The Labute approximate surface area is 259 Å². The second kappa shape index (κ2) is 9.89. The van der Waals surface area contributed by atoms with E-state index in [2.05, 4.69) is 24.3 Å². The summed E-state index contributed by atoms with van der Waals surface area (Å²) in [6.07, 6.45) is 0.0368. The number of anilines is 2. The van der Waals surface area contributed by atoms with Crippen molar-refractivity contribution in [3.8, 4) is 5.75 Å². The first kappa shape index (κ1) is 26.8. The van der Waals surface area contributed by atoms with Gasteiger partial charge in [0.05, 0.1) is 23.4 Å². The third kappa shape index (κ3) is 3.88. The Morgan fingerprint density at radius 1 is 0.773 bits per heavy atom. The number of hydrogen-bond donors (Lipinski definition) is 0. The van der Waals surface area contributed by atoms with Gasteiger partial charge in [0.15, 0.2) is 0 Å². The van der Waals surface area contributed by atoms with E-state index >= 15 is 0 Å². The number of esters is 1. The normalized spacial score (nSPS) is 24.8. The molecule has 9 rings (SSSR count). The van der Waals surface area contributed by atoms with Gasteiger partial charge in [0.2, 0.25) is 17.7 Å². The van der Waals surface area contributed by atoms with Gasteiger partial charge in [-0.05, 0) is 71.1 Å². The number of nitrogens with zero attached hydrogens (tertiary/aromatic N) is 2. The minimum atomic E-state index is -0.634. The second-order valence-electron chi connectivity index (χ2n) is 12.0. The number of amides is 3. The first-order chi connectivity index (χ1) is 21.3. The van der Waals surface area contributed by atoms with Crippen LogP contribution in [0.25, 0.3) is 0 Å². The van der Waals surface area contributed by atoms with Crippen molar-refractivity contribution >= 4 is 46.7 Å². The zero-order valence-electron chi connectivity index (χ0n) is 23.8. The highest BCUT2D eigenvalue weighted by Crippen LogP contribution is 2.61. The first-order valence-electron chi connectivity index (χ1n) is 14.8. The highest BCUT2D eigenvalue weighted by Gasteiger charge is 2.61. The van der Waals surface area contributed by atoms with E-state index in [-0.39, 0.29) is 42.5 Å². The molecule has 0 N–H and O–H groups in total. The molecule has 3 amide bonds. The summed E-state index contributed by atoms with van der Waals surface area (Å²) in [4.78, 5) is 56.9. The van der Waals surface area contributed by atoms with Crippen LogP contribution in [-0.2, 0) is 19.2 Å². The van der Waals surface area contributed by atoms with Crippen LogP contribution in [0.1, 0.15) is 46.1 Å². The molecule has 5 aliphatic rings. The molecule has 4 aromatic carbocycles. The van der Waals surface area contributed by atoms with Gasteiger partial charge in [0.25, 0.3) is 0 Å². The molecule has 0 aromatic heterocycles. The van der Waals surface area contributed by atoms with E-state index in [4.69, 9.17) is 16.3 Å². The lowest BCUT2D eigenvalue weighted by Crippen LogP contribution is -2.41. The van der Waals surface area contributed by atoms with Crippen LogP contribution in [0.5, 0.6) is 5.75 Å². The van der Waals surface area contributed by atoms with Crippen LogP contribution in [0.4, 0.5) is 11.4 Å². The highest BCUT2D eigenvalue weighted by molar-refractivity contribution is 6.31.